The fourth-order valence-corrected chi connectivity index (χ4v) is 1.49. The first kappa shape index (κ1) is 9.12. The Balaban J connectivity index is 2.43. The Morgan fingerprint density at radius 1 is 1.29 bits per heavy atom. The highest BCUT2D eigenvalue weighted by Crippen LogP contribution is 2.35. The van der Waals surface area contributed by atoms with E-state index in [0.717, 1.165) is 23.4 Å². The van der Waals surface area contributed by atoms with Crippen molar-refractivity contribution in [1.29, 1.82) is 0 Å². The lowest BCUT2D eigenvalue weighted by Gasteiger charge is -2.08. The molecular weight excluding hydrogens is 191 g/mol. The summed E-state index contributed by atoms with van der Waals surface area (Å²) in [5.41, 5.74) is 1.49. The Kier molecular flexibility index (Phi) is 1.80. The smallest absolute Gasteiger partial charge is 0.359 e. The molecule has 1 aromatic rings. The van der Waals surface area contributed by atoms with Gasteiger partial charge in [-0.3, -0.25) is 0 Å². The van der Waals surface area contributed by atoms with Crippen molar-refractivity contribution < 1.29 is 13.2 Å². The fraction of sp³-hybridized carbons (Fsp3) is 0.200. The second-order valence-corrected chi connectivity index (χ2v) is 3.28. The average molecular weight is 199 g/mol. The van der Waals surface area contributed by atoms with Gasteiger partial charge in [-0.2, -0.15) is 13.2 Å². The third-order valence-electron chi connectivity index (χ3n) is 2.15. The van der Waals surface area contributed by atoms with Gasteiger partial charge in [-0.05, 0) is 17.7 Å². The Bertz CT molecular complexity index is 393. The summed E-state index contributed by atoms with van der Waals surface area (Å²) in [6.07, 6.45) is -3.67. The standard InChI is InChI=1S/C10H8F3N/c1-6-4-7-2-3-8(10(11,12)13)5-9(7)14-6/h2-3,5,14H,1,4H2. The molecule has 0 saturated heterocycles. The first-order chi connectivity index (χ1) is 6.47. The molecule has 74 valence electrons. The van der Waals surface area contributed by atoms with E-state index in [0.29, 0.717) is 12.1 Å². The summed E-state index contributed by atoms with van der Waals surface area (Å²) in [5, 5.41) is 2.82. The van der Waals surface area contributed by atoms with E-state index in [1.807, 2.05) is 0 Å². The molecule has 0 atom stereocenters. The van der Waals surface area contributed by atoms with E-state index in [4.69, 9.17) is 0 Å². The van der Waals surface area contributed by atoms with Gasteiger partial charge in [-0.15, -0.1) is 0 Å². The van der Waals surface area contributed by atoms with Crippen molar-refractivity contribution >= 4 is 5.69 Å². The summed E-state index contributed by atoms with van der Waals surface area (Å²) in [7, 11) is 0. The van der Waals surface area contributed by atoms with E-state index in [-0.39, 0.29) is 0 Å². The Hall–Kier alpha value is -1.45. The largest absolute Gasteiger partial charge is 0.416 e. The van der Waals surface area contributed by atoms with Crippen LogP contribution in [0.3, 0.4) is 0 Å². The van der Waals surface area contributed by atoms with Crippen LogP contribution >= 0.6 is 0 Å². The van der Waals surface area contributed by atoms with Crippen LogP contribution in [0.25, 0.3) is 0 Å². The van der Waals surface area contributed by atoms with Crippen LogP contribution in [0, 0.1) is 0 Å². The molecule has 0 bridgehead atoms. The van der Waals surface area contributed by atoms with Crippen molar-refractivity contribution in [2.45, 2.75) is 12.6 Å². The second-order valence-electron chi connectivity index (χ2n) is 3.28. The number of nitrogens with one attached hydrogen (secondary N) is 1. The topological polar surface area (TPSA) is 12.0 Å². The third-order valence-corrected chi connectivity index (χ3v) is 2.15. The number of anilines is 1. The van der Waals surface area contributed by atoms with E-state index in [1.165, 1.54) is 6.07 Å². The van der Waals surface area contributed by atoms with Crippen molar-refractivity contribution in [2.75, 3.05) is 5.32 Å². The molecule has 0 aliphatic carbocycles. The van der Waals surface area contributed by atoms with Crippen molar-refractivity contribution in [1.82, 2.24) is 0 Å². The lowest BCUT2D eigenvalue weighted by Crippen LogP contribution is -2.04. The summed E-state index contributed by atoms with van der Waals surface area (Å²) >= 11 is 0. The first-order valence-corrected chi connectivity index (χ1v) is 4.12. The summed E-state index contributed by atoms with van der Waals surface area (Å²) in [5.74, 6) is 0. The lowest BCUT2D eigenvalue weighted by atomic mass is 10.1. The molecule has 1 aliphatic heterocycles. The van der Waals surface area contributed by atoms with Gasteiger partial charge in [-0.1, -0.05) is 12.6 Å². The third kappa shape index (κ3) is 1.47. The van der Waals surface area contributed by atoms with Gasteiger partial charge < -0.3 is 5.32 Å². The summed E-state index contributed by atoms with van der Waals surface area (Å²) in [6, 6.07) is 3.70. The van der Waals surface area contributed by atoms with Crippen LogP contribution in [0.2, 0.25) is 0 Å². The Morgan fingerprint density at radius 2 is 2.00 bits per heavy atom. The molecular formula is C10H8F3N. The molecule has 0 fully saturated rings. The number of hydrogen-bond donors (Lipinski definition) is 1. The molecule has 14 heavy (non-hydrogen) atoms. The molecule has 1 aliphatic rings. The predicted octanol–water partition coefficient (Wildman–Crippen LogP) is 3.19. The summed E-state index contributed by atoms with van der Waals surface area (Å²) in [4.78, 5) is 0. The van der Waals surface area contributed by atoms with Gasteiger partial charge in [0.1, 0.15) is 0 Å². The van der Waals surface area contributed by atoms with Crippen LogP contribution in [0.1, 0.15) is 11.1 Å². The van der Waals surface area contributed by atoms with Gasteiger partial charge in [0.05, 0.1) is 5.56 Å². The van der Waals surface area contributed by atoms with Crippen LogP contribution in [0.4, 0.5) is 18.9 Å². The molecule has 0 unspecified atom stereocenters. The van der Waals surface area contributed by atoms with Crippen LogP contribution < -0.4 is 5.32 Å². The van der Waals surface area contributed by atoms with Gasteiger partial charge in [0.25, 0.3) is 0 Å². The highest BCUT2D eigenvalue weighted by molar-refractivity contribution is 5.63. The first-order valence-electron chi connectivity index (χ1n) is 4.12. The molecule has 0 aromatic heterocycles. The van der Waals surface area contributed by atoms with Gasteiger partial charge >= 0.3 is 6.18 Å². The monoisotopic (exact) mass is 199 g/mol. The minimum atomic E-state index is -4.28. The van der Waals surface area contributed by atoms with E-state index in [9.17, 15) is 13.2 Å². The molecule has 0 amide bonds. The zero-order valence-electron chi connectivity index (χ0n) is 7.28. The number of rotatable bonds is 0. The van der Waals surface area contributed by atoms with Gasteiger partial charge in [0, 0.05) is 17.8 Å². The minimum Gasteiger partial charge on any atom is -0.359 e. The summed E-state index contributed by atoms with van der Waals surface area (Å²) < 4.78 is 36.9. The fourth-order valence-electron chi connectivity index (χ4n) is 1.49. The number of benzene rings is 1. The molecule has 1 N–H and O–H groups in total. The highest BCUT2D eigenvalue weighted by Gasteiger charge is 2.31. The molecule has 0 radical (unpaired) electrons. The van der Waals surface area contributed by atoms with Crippen LogP contribution in [-0.2, 0) is 12.6 Å². The minimum absolute atomic E-state index is 0.518. The van der Waals surface area contributed by atoms with Crippen LogP contribution in [-0.4, -0.2) is 0 Å². The van der Waals surface area contributed by atoms with Crippen molar-refractivity contribution in [3.8, 4) is 0 Å². The Labute approximate surface area is 79.2 Å². The number of allylic oxidation sites excluding steroid dienone is 1. The van der Waals surface area contributed by atoms with Crippen LogP contribution in [0.5, 0.6) is 0 Å². The predicted molar refractivity (Wildman–Crippen MR) is 47.9 cm³/mol. The molecule has 2 rings (SSSR count). The molecule has 1 aromatic carbocycles. The van der Waals surface area contributed by atoms with Crippen molar-refractivity contribution in [2.24, 2.45) is 0 Å². The number of fused-ring (bicyclic) bond motifs is 1. The van der Waals surface area contributed by atoms with Gasteiger partial charge in [0.15, 0.2) is 0 Å². The molecule has 4 heteroatoms. The molecule has 0 spiro atoms. The molecule has 1 nitrogen and oxygen atoms in total. The Morgan fingerprint density at radius 3 is 2.64 bits per heavy atom. The number of alkyl halides is 3. The lowest BCUT2D eigenvalue weighted by molar-refractivity contribution is -0.137. The van der Waals surface area contributed by atoms with E-state index < -0.39 is 11.7 Å². The normalized spacial score (nSPS) is 15.2. The quantitative estimate of drug-likeness (QED) is 0.676. The maximum atomic E-state index is 12.3. The number of hydrogen-bond acceptors (Lipinski definition) is 1. The zero-order valence-corrected chi connectivity index (χ0v) is 7.28. The van der Waals surface area contributed by atoms with Crippen molar-refractivity contribution in [3.05, 3.63) is 41.6 Å². The zero-order chi connectivity index (χ0) is 10.3. The highest BCUT2D eigenvalue weighted by atomic mass is 19.4. The SMILES string of the molecule is C=C1Cc2ccc(C(F)(F)F)cc2N1. The van der Waals surface area contributed by atoms with E-state index in [2.05, 4.69) is 11.9 Å². The van der Waals surface area contributed by atoms with E-state index in [1.54, 1.807) is 0 Å². The number of halogens is 3. The summed E-state index contributed by atoms with van der Waals surface area (Å²) in [6.45, 7) is 3.67. The van der Waals surface area contributed by atoms with Gasteiger partial charge in [0.2, 0.25) is 0 Å². The van der Waals surface area contributed by atoms with E-state index >= 15 is 0 Å². The van der Waals surface area contributed by atoms with Crippen LogP contribution in [0.15, 0.2) is 30.5 Å². The maximum absolute atomic E-state index is 12.3. The average Bonchev–Trinajstić information content (AvgIpc) is 2.41. The second kappa shape index (κ2) is 2.77. The molecule has 1 heterocycles. The maximum Gasteiger partial charge on any atom is 0.416 e. The van der Waals surface area contributed by atoms with Crippen molar-refractivity contribution in [3.63, 3.8) is 0 Å². The van der Waals surface area contributed by atoms with Gasteiger partial charge in [-0.25, -0.2) is 0 Å². The molecule has 0 saturated carbocycles.